The number of amides is 1. The van der Waals surface area contributed by atoms with E-state index < -0.39 is 0 Å². The van der Waals surface area contributed by atoms with Crippen molar-refractivity contribution in [2.75, 3.05) is 10.6 Å². The molecule has 6 heteroatoms. The summed E-state index contributed by atoms with van der Waals surface area (Å²) >= 11 is 9.53. The van der Waals surface area contributed by atoms with E-state index in [-0.39, 0.29) is 11.7 Å². The number of aryl methyl sites for hydroxylation is 1. The van der Waals surface area contributed by atoms with Crippen molar-refractivity contribution in [2.24, 2.45) is 0 Å². The Labute approximate surface area is 159 Å². The molecule has 0 unspecified atom stereocenters. The standard InChI is InChI=1S/C19H16BrClN2O2/c1-12-9-17(20)25-18(12)19(24)23-14-7-8-16(15(21)10-14)22-11-13-5-3-2-4-6-13/h2-10,22H,11H2,1H3,(H,23,24). The van der Waals surface area contributed by atoms with Gasteiger partial charge in [-0.3, -0.25) is 4.79 Å². The summed E-state index contributed by atoms with van der Waals surface area (Å²) in [7, 11) is 0. The molecule has 0 bridgehead atoms. The summed E-state index contributed by atoms with van der Waals surface area (Å²) in [6, 6.07) is 17.1. The summed E-state index contributed by atoms with van der Waals surface area (Å²) in [5, 5.41) is 6.61. The van der Waals surface area contributed by atoms with Gasteiger partial charge in [0.2, 0.25) is 0 Å². The Hall–Kier alpha value is -2.24. The fourth-order valence-corrected chi connectivity index (χ4v) is 3.14. The van der Waals surface area contributed by atoms with Crippen LogP contribution in [-0.4, -0.2) is 5.91 Å². The number of halogens is 2. The van der Waals surface area contributed by atoms with Gasteiger partial charge >= 0.3 is 0 Å². The topological polar surface area (TPSA) is 54.3 Å². The lowest BCUT2D eigenvalue weighted by Crippen LogP contribution is -2.12. The van der Waals surface area contributed by atoms with E-state index in [2.05, 4.69) is 26.6 Å². The average molecular weight is 420 g/mol. The second-order valence-electron chi connectivity index (χ2n) is 5.55. The molecule has 0 saturated carbocycles. The summed E-state index contributed by atoms with van der Waals surface area (Å²) in [6.07, 6.45) is 0. The van der Waals surface area contributed by atoms with Crippen LogP contribution in [0.4, 0.5) is 11.4 Å². The molecular formula is C19H16BrClN2O2. The minimum atomic E-state index is -0.315. The molecule has 3 rings (SSSR count). The van der Waals surface area contributed by atoms with E-state index >= 15 is 0 Å². The van der Waals surface area contributed by atoms with Crippen LogP contribution in [0.15, 0.2) is 63.7 Å². The number of hydrogen-bond donors (Lipinski definition) is 2. The lowest BCUT2D eigenvalue weighted by molar-refractivity contribution is 0.0994. The van der Waals surface area contributed by atoms with Crippen LogP contribution in [0, 0.1) is 6.92 Å². The third-order valence-corrected chi connectivity index (χ3v) is 4.35. The Morgan fingerprint density at radius 2 is 1.92 bits per heavy atom. The second kappa shape index (κ2) is 7.76. The van der Waals surface area contributed by atoms with Crippen LogP contribution in [0.3, 0.4) is 0 Å². The Kier molecular flexibility index (Phi) is 5.46. The van der Waals surface area contributed by atoms with Gasteiger partial charge in [-0.1, -0.05) is 41.9 Å². The lowest BCUT2D eigenvalue weighted by atomic mass is 10.2. The molecule has 2 aromatic carbocycles. The number of anilines is 2. The number of rotatable bonds is 5. The molecule has 25 heavy (non-hydrogen) atoms. The summed E-state index contributed by atoms with van der Waals surface area (Å²) in [4.78, 5) is 12.3. The van der Waals surface area contributed by atoms with Gasteiger partial charge in [0.15, 0.2) is 10.4 Å². The Morgan fingerprint density at radius 3 is 2.56 bits per heavy atom. The maximum atomic E-state index is 12.3. The normalized spacial score (nSPS) is 10.5. The van der Waals surface area contributed by atoms with Crippen molar-refractivity contribution in [3.63, 3.8) is 0 Å². The summed E-state index contributed by atoms with van der Waals surface area (Å²) in [6.45, 7) is 2.48. The zero-order valence-electron chi connectivity index (χ0n) is 13.5. The molecule has 1 aromatic heterocycles. The monoisotopic (exact) mass is 418 g/mol. The van der Waals surface area contributed by atoms with Crippen molar-refractivity contribution in [3.8, 4) is 0 Å². The minimum absolute atomic E-state index is 0.272. The third kappa shape index (κ3) is 4.44. The molecule has 0 spiro atoms. The molecule has 1 amide bonds. The smallest absolute Gasteiger partial charge is 0.291 e. The number of benzene rings is 2. The molecular weight excluding hydrogens is 404 g/mol. The molecule has 0 aliphatic carbocycles. The molecule has 0 aliphatic heterocycles. The Morgan fingerprint density at radius 1 is 1.16 bits per heavy atom. The van der Waals surface area contributed by atoms with Crippen LogP contribution in [0.5, 0.6) is 0 Å². The number of hydrogen-bond acceptors (Lipinski definition) is 3. The van der Waals surface area contributed by atoms with E-state index in [9.17, 15) is 4.79 Å². The molecule has 0 atom stereocenters. The van der Waals surface area contributed by atoms with Crippen LogP contribution in [0.25, 0.3) is 0 Å². The van der Waals surface area contributed by atoms with Gasteiger partial charge in [0.05, 0.1) is 10.7 Å². The number of furan rings is 1. The van der Waals surface area contributed by atoms with Crippen molar-refractivity contribution < 1.29 is 9.21 Å². The molecule has 4 nitrogen and oxygen atoms in total. The fourth-order valence-electron chi connectivity index (χ4n) is 2.39. The molecule has 1 heterocycles. The first-order valence-electron chi connectivity index (χ1n) is 7.67. The highest BCUT2D eigenvalue weighted by Gasteiger charge is 2.15. The first-order valence-corrected chi connectivity index (χ1v) is 8.84. The lowest BCUT2D eigenvalue weighted by Gasteiger charge is -2.11. The van der Waals surface area contributed by atoms with Crippen molar-refractivity contribution in [2.45, 2.75) is 13.5 Å². The largest absolute Gasteiger partial charge is 0.444 e. The van der Waals surface area contributed by atoms with Crippen molar-refractivity contribution in [1.82, 2.24) is 0 Å². The van der Waals surface area contributed by atoms with Crippen molar-refractivity contribution >= 4 is 44.8 Å². The van der Waals surface area contributed by atoms with E-state index in [0.29, 0.717) is 21.9 Å². The summed E-state index contributed by atoms with van der Waals surface area (Å²) in [5.74, 6) is -0.0430. The zero-order chi connectivity index (χ0) is 17.8. The maximum Gasteiger partial charge on any atom is 0.291 e. The zero-order valence-corrected chi connectivity index (χ0v) is 15.8. The van der Waals surface area contributed by atoms with Gasteiger partial charge < -0.3 is 15.1 Å². The van der Waals surface area contributed by atoms with Crippen LogP contribution in [-0.2, 0) is 6.54 Å². The van der Waals surface area contributed by atoms with Gasteiger partial charge in [0, 0.05) is 17.8 Å². The number of carbonyl (C=O) groups excluding carboxylic acids is 1. The van der Waals surface area contributed by atoms with Crippen LogP contribution in [0.1, 0.15) is 21.7 Å². The van der Waals surface area contributed by atoms with Gasteiger partial charge in [0.1, 0.15) is 0 Å². The Balaban J connectivity index is 1.67. The highest BCUT2D eigenvalue weighted by Crippen LogP contribution is 2.27. The molecule has 0 saturated heterocycles. The molecule has 3 aromatic rings. The average Bonchev–Trinajstić information content (AvgIpc) is 2.93. The predicted molar refractivity (Wildman–Crippen MR) is 104 cm³/mol. The highest BCUT2D eigenvalue weighted by molar-refractivity contribution is 9.10. The summed E-state index contributed by atoms with van der Waals surface area (Å²) in [5.41, 5.74) is 3.33. The molecule has 0 radical (unpaired) electrons. The predicted octanol–water partition coefficient (Wildman–Crippen LogP) is 5.87. The van der Waals surface area contributed by atoms with Crippen molar-refractivity contribution in [3.05, 3.63) is 81.2 Å². The number of nitrogens with one attached hydrogen (secondary N) is 2. The minimum Gasteiger partial charge on any atom is -0.444 e. The number of carbonyl (C=O) groups is 1. The van der Waals surface area contributed by atoms with Crippen LogP contribution in [0.2, 0.25) is 5.02 Å². The molecule has 0 fully saturated rings. The van der Waals surface area contributed by atoms with Gasteiger partial charge in [0.25, 0.3) is 5.91 Å². The summed E-state index contributed by atoms with van der Waals surface area (Å²) < 4.78 is 5.87. The van der Waals surface area contributed by atoms with E-state index in [1.807, 2.05) is 43.3 Å². The van der Waals surface area contributed by atoms with Gasteiger partial charge in [-0.05, 0) is 52.7 Å². The fraction of sp³-hybridized carbons (Fsp3) is 0.105. The van der Waals surface area contributed by atoms with Gasteiger partial charge in [-0.25, -0.2) is 0 Å². The molecule has 2 N–H and O–H groups in total. The SMILES string of the molecule is Cc1cc(Br)oc1C(=O)Nc1ccc(NCc2ccccc2)c(Cl)c1. The van der Waals surface area contributed by atoms with Crippen LogP contribution >= 0.6 is 27.5 Å². The van der Waals surface area contributed by atoms with Crippen molar-refractivity contribution in [1.29, 1.82) is 0 Å². The second-order valence-corrected chi connectivity index (χ2v) is 6.74. The van der Waals surface area contributed by atoms with E-state index in [1.54, 1.807) is 18.2 Å². The molecule has 128 valence electrons. The first-order chi connectivity index (χ1) is 12.0. The van der Waals surface area contributed by atoms with E-state index in [0.717, 1.165) is 16.8 Å². The Bertz CT molecular complexity index is 894. The van der Waals surface area contributed by atoms with E-state index in [4.69, 9.17) is 16.0 Å². The molecule has 0 aliphatic rings. The van der Waals surface area contributed by atoms with Crippen LogP contribution < -0.4 is 10.6 Å². The van der Waals surface area contributed by atoms with Gasteiger partial charge in [-0.15, -0.1) is 0 Å². The third-order valence-electron chi connectivity index (χ3n) is 3.65. The first kappa shape index (κ1) is 17.6. The highest BCUT2D eigenvalue weighted by atomic mass is 79.9. The van der Waals surface area contributed by atoms with Gasteiger partial charge in [-0.2, -0.15) is 0 Å². The van der Waals surface area contributed by atoms with E-state index in [1.165, 1.54) is 0 Å². The maximum absolute atomic E-state index is 12.3. The quantitative estimate of drug-likeness (QED) is 0.544.